The van der Waals surface area contributed by atoms with E-state index in [9.17, 15) is 0 Å². The van der Waals surface area contributed by atoms with Crippen LogP contribution in [0, 0.1) is 20.8 Å². The third-order valence-electron chi connectivity index (χ3n) is 7.89. The van der Waals surface area contributed by atoms with Crippen LogP contribution in [0.25, 0.3) is 43.8 Å². The molecule has 0 bridgehead atoms. The second kappa shape index (κ2) is 23.2. The second-order valence-corrected chi connectivity index (χ2v) is 11.4. The van der Waals surface area contributed by atoms with Crippen molar-refractivity contribution in [3.63, 3.8) is 0 Å². The summed E-state index contributed by atoms with van der Waals surface area (Å²) < 4.78 is 0. The molecule has 0 aliphatic rings. The molecule has 0 nitrogen and oxygen atoms in total. The van der Waals surface area contributed by atoms with Crippen LogP contribution in [0.3, 0.4) is 0 Å². The van der Waals surface area contributed by atoms with Crippen LogP contribution in [0.1, 0.15) is 82.6 Å². The van der Waals surface area contributed by atoms with E-state index < -0.39 is 0 Å². The minimum atomic E-state index is 0. The fourth-order valence-corrected chi connectivity index (χ4v) is 5.48. The zero-order chi connectivity index (χ0) is 33.5. The van der Waals surface area contributed by atoms with Gasteiger partial charge in [0.1, 0.15) is 0 Å². The average molecular weight is 759 g/mol. The predicted molar refractivity (Wildman–Crippen MR) is 215 cm³/mol. The van der Waals surface area contributed by atoms with Gasteiger partial charge in [0.25, 0.3) is 0 Å². The third-order valence-corrected chi connectivity index (χ3v) is 7.89. The number of benzene rings is 4. The van der Waals surface area contributed by atoms with Crippen molar-refractivity contribution in [1.82, 2.24) is 0 Å². The molecule has 47 heavy (non-hydrogen) atoms. The number of rotatable bonds is 5. The summed E-state index contributed by atoms with van der Waals surface area (Å²) in [5.74, 6) is 1.18. The van der Waals surface area contributed by atoms with Gasteiger partial charge in [-0.3, -0.25) is 0 Å². The van der Waals surface area contributed by atoms with Gasteiger partial charge in [0.15, 0.2) is 0 Å². The van der Waals surface area contributed by atoms with Crippen molar-refractivity contribution in [2.24, 2.45) is 0 Å². The van der Waals surface area contributed by atoms with Gasteiger partial charge in [0, 0.05) is 0 Å². The molecule has 0 fully saturated rings. The van der Waals surface area contributed by atoms with Crippen molar-refractivity contribution in [2.45, 2.75) is 73.6 Å². The molecule has 0 saturated carbocycles. The molecule has 0 aromatic heterocycles. The van der Waals surface area contributed by atoms with E-state index in [2.05, 4.69) is 171 Å². The van der Waals surface area contributed by atoms with E-state index in [1.165, 1.54) is 89.4 Å². The zero-order valence-electron chi connectivity index (χ0n) is 29.5. The van der Waals surface area contributed by atoms with E-state index in [1.807, 2.05) is 0 Å². The predicted octanol–water partition coefficient (Wildman–Crippen LogP) is 13.7. The molecule has 0 amide bonds. The summed E-state index contributed by atoms with van der Waals surface area (Å²) in [5.41, 5.74) is 10.9. The van der Waals surface area contributed by atoms with Crippen LogP contribution in [-0.4, -0.2) is 6.88 Å². The fraction of sp³-hybridized carbons (Fsp3) is 0.256. The topological polar surface area (TPSA) is 0 Å². The van der Waals surface area contributed by atoms with Gasteiger partial charge in [-0.25, -0.2) is 0 Å². The van der Waals surface area contributed by atoms with Crippen LogP contribution < -0.4 is 0 Å². The van der Waals surface area contributed by atoms with E-state index in [0.717, 1.165) is 6.42 Å². The van der Waals surface area contributed by atoms with Gasteiger partial charge in [-0.1, -0.05) is 113 Å². The molecule has 0 heterocycles. The quantitative estimate of drug-likeness (QED) is 0.121. The van der Waals surface area contributed by atoms with Crippen molar-refractivity contribution >= 4 is 53.2 Å². The Balaban J connectivity index is 0.000000750. The average Bonchev–Trinajstić information content (AvgIpc) is 3.70. The molecule has 6 aromatic rings. The summed E-state index contributed by atoms with van der Waals surface area (Å²) in [6.45, 7) is 26.4. The van der Waals surface area contributed by atoms with Gasteiger partial charge in [-0.05, 0) is 40.5 Å². The van der Waals surface area contributed by atoms with Crippen LogP contribution in [0.5, 0.6) is 0 Å². The Morgan fingerprint density at radius 1 is 0.596 bits per heavy atom. The number of fused-ring (bicyclic) bond motifs is 2. The van der Waals surface area contributed by atoms with E-state index in [-0.39, 0.29) is 24.8 Å². The van der Waals surface area contributed by atoms with Gasteiger partial charge >= 0.3 is 30.2 Å². The molecule has 0 N–H and O–H groups in total. The third kappa shape index (κ3) is 12.0. The normalized spacial score (nSPS) is 9.77. The van der Waals surface area contributed by atoms with E-state index in [1.54, 1.807) is 13.8 Å². The van der Waals surface area contributed by atoms with Gasteiger partial charge in [0.05, 0.1) is 0 Å². The SMILES string of the molecule is CCc1cc2c(-c3ccc(C(C)C)cc3)cccc2[cH-]1.Cc1cc2c(-c3ccc(C(C)C)cc3)cccc2[cH-]1.Cl.Cl.[CH2-]C.[CH2-]C.[Si]=[Zr]. The van der Waals surface area contributed by atoms with Crippen LogP contribution >= 0.6 is 24.8 Å². The van der Waals surface area contributed by atoms with Gasteiger partial charge in [-0.2, -0.15) is 26.0 Å². The first-order valence-electron chi connectivity index (χ1n) is 16.1. The Kier molecular flexibility index (Phi) is 22.1. The number of hydrogen-bond acceptors (Lipinski definition) is 0. The molecule has 250 valence electrons. The van der Waals surface area contributed by atoms with Gasteiger partial charge in [-0.15, -0.1) is 93.9 Å². The van der Waals surface area contributed by atoms with Crippen molar-refractivity contribution in [1.29, 1.82) is 0 Å². The Hall–Kier alpha value is -2.22. The van der Waals surface area contributed by atoms with Crippen molar-refractivity contribution in [3.8, 4) is 22.3 Å². The van der Waals surface area contributed by atoms with E-state index in [0.29, 0.717) is 11.8 Å². The summed E-state index contributed by atoms with van der Waals surface area (Å²) in [4.78, 5) is 0. The molecule has 0 aliphatic carbocycles. The first kappa shape index (κ1) is 44.8. The monoisotopic (exact) mass is 756 g/mol. The molecule has 0 saturated heterocycles. The maximum absolute atomic E-state index is 3.25. The molecule has 6 rings (SSSR count). The van der Waals surface area contributed by atoms with Crippen LogP contribution in [-0.2, 0) is 29.8 Å². The molecule has 2 radical (unpaired) electrons. The number of aryl methyl sites for hydroxylation is 2. The molecule has 0 unspecified atom stereocenters. The van der Waals surface area contributed by atoms with Crippen molar-refractivity contribution in [2.75, 3.05) is 0 Å². The van der Waals surface area contributed by atoms with Crippen LogP contribution in [0.4, 0.5) is 0 Å². The molecule has 0 aliphatic heterocycles. The summed E-state index contributed by atoms with van der Waals surface area (Å²) in [7, 11) is 0. The van der Waals surface area contributed by atoms with Crippen molar-refractivity contribution in [3.05, 3.63) is 145 Å². The summed E-state index contributed by atoms with van der Waals surface area (Å²) in [5, 5.41) is 5.43. The maximum atomic E-state index is 3.25. The molecular weight excluding hydrogens is 707 g/mol. The summed E-state index contributed by atoms with van der Waals surface area (Å²) in [6, 6.07) is 40.3. The molecule has 6 aromatic carbocycles. The van der Waals surface area contributed by atoms with Crippen molar-refractivity contribution < 1.29 is 23.3 Å². The Bertz CT molecular complexity index is 1710. The van der Waals surface area contributed by atoms with Gasteiger partial charge < -0.3 is 13.8 Å². The van der Waals surface area contributed by atoms with Crippen LogP contribution in [0.2, 0.25) is 0 Å². The number of halogens is 2. The first-order chi connectivity index (χ1) is 21.8. The Morgan fingerprint density at radius 3 is 1.36 bits per heavy atom. The molecule has 0 atom stereocenters. The fourth-order valence-electron chi connectivity index (χ4n) is 5.48. The van der Waals surface area contributed by atoms with Gasteiger partial charge in [0.2, 0.25) is 0 Å². The molecule has 4 heteroatoms. The van der Waals surface area contributed by atoms with Crippen LogP contribution in [0.15, 0.2) is 109 Å². The standard InChI is InChI=1S/C20H21.C19H19.2C2H5.2ClH.Si.Zr/c1-4-15-12-18-6-5-7-19(20(18)13-15)17-10-8-16(9-11-17)14(2)3;1-13(2)15-7-9-16(10-8-15)18-6-4-5-17-11-14(3)12-19(17)18;2*1-2;;;;/h5-14H,4H2,1-3H3;4-13H,1-3H3;2*1H2,2H3;2*1H;;/q4*-1;;;;. The first-order valence-corrected chi connectivity index (χ1v) is 20.2. The minimum absolute atomic E-state index is 0. The summed E-state index contributed by atoms with van der Waals surface area (Å²) in [6.07, 6.45) is 1.10. The summed E-state index contributed by atoms with van der Waals surface area (Å²) >= 11 is 1.36. The number of hydrogen-bond donors (Lipinski definition) is 0. The Labute approximate surface area is 315 Å². The molecule has 0 spiro atoms. The zero-order valence-corrected chi connectivity index (χ0v) is 34.6. The Morgan fingerprint density at radius 2 is 0.979 bits per heavy atom. The molecular formula is C43H52Cl2SiZr-4. The van der Waals surface area contributed by atoms with E-state index >= 15 is 0 Å². The van der Waals surface area contributed by atoms with E-state index in [4.69, 9.17) is 0 Å². The second-order valence-electron chi connectivity index (χ2n) is 11.4.